The summed E-state index contributed by atoms with van der Waals surface area (Å²) < 4.78 is 65.6. The van der Waals surface area contributed by atoms with Crippen LogP contribution in [0.15, 0.2) is 83.8 Å². The lowest BCUT2D eigenvalue weighted by Crippen LogP contribution is -2.34. The highest BCUT2D eigenvalue weighted by Crippen LogP contribution is 2.31. The first-order valence-electron chi connectivity index (χ1n) is 9.34. The van der Waals surface area contributed by atoms with Gasteiger partial charge >= 0.3 is 6.18 Å². The van der Waals surface area contributed by atoms with Gasteiger partial charge in [0.25, 0.3) is 15.9 Å². The average molecular weight is 483 g/mol. The maximum absolute atomic E-state index is 13.6. The summed E-state index contributed by atoms with van der Waals surface area (Å²) in [5.74, 6) is -1.07. The second-order valence-corrected chi connectivity index (χ2v) is 9.01. The minimum Gasteiger partial charge on any atom is -0.343 e. The van der Waals surface area contributed by atoms with Crippen LogP contribution < -0.4 is 9.62 Å². The van der Waals surface area contributed by atoms with Crippen molar-refractivity contribution in [2.45, 2.75) is 17.6 Å². The van der Waals surface area contributed by atoms with E-state index < -0.39 is 33.5 Å². The SMILES string of the molecule is O=C(NCC(F)(F)F)c1ccc(Cl)c(S(=O)(=O)N(Cc2ccccc2)c2ccccc2)c1. The van der Waals surface area contributed by atoms with Crippen molar-refractivity contribution in [3.63, 3.8) is 0 Å². The molecular formula is C22H18ClF3N2O3S. The van der Waals surface area contributed by atoms with E-state index >= 15 is 0 Å². The van der Waals surface area contributed by atoms with E-state index in [0.29, 0.717) is 11.3 Å². The Balaban J connectivity index is 2.01. The summed E-state index contributed by atoms with van der Waals surface area (Å²) in [6, 6.07) is 20.4. The number of benzene rings is 3. The van der Waals surface area contributed by atoms with Crippen LogP contribution in [0.25, 0.3) is 0 Å². The van der Waals surface area contributed by atoms with Crippen LogP contribution in [0.1, 0.15) is 15.9 Å². The highest BCUT2D eigenvalue weighted by molar-refractivity contribution is 7.93. The maximum atomic E-state index is 13.6. The number of nitrogens with one attached hydrogen (secondary N) is 1. The topological polar surface area (TPSA) is 66.5 Å². The molecule has 0 aliphatic heterocycles. The number of para-hydroxylation sites is 1. The molecule has 32 heavy (non-hydrogen) atoms. The minimum atomic E-state index is -4.60. The highest BCUT2D eigenvalue weighted by Gasteiger charge is 2.30. The minimum absolute atomic E-state index is 0.0198. The summed E-state index contributed by atoms with van der Waals surface area (Å²) in [5, 5.41) is 1.56. The molecule has 0 aliphatic carbocycles. The Hall–Kier alpha value is -3.04. The predicted octanol–water partition coefficient (Wildman–Crippen LogP) is 5.03. The van der Waals surface area contributed by atoms with Crippen LogP contribution in [0.2, 0.25) is 5.02 Å². The van der Waals surface area contributed by atoms with Crippen molar-refractivity contribution in [2.24, 2.45) is 0 Å². The Morgan fingerprint density at radius 3 is 2.12 bits per heavy atom. The lowest BCUT2D eigenvalue weighted by Gasteiger charge is -2.25. The summed E-state index contributed by atoms with van der Waals surface area (Å²) in [5.41, 5.74) is 0.805. The zero-order valence-electron chi connectivity index (χ0n) is 16.5. The van der Waals surface area contributed by atoms with Gasteiger partial charge in [0.2, 0.25) is 0 Å². The molecule has 0 atom stereocenters. The molecule has 1 amide bonds. The number of anilines is 1. The molecule has 3 aromatic rings. The first-order chi connectivity index (χ1) is 15.1. The summed E-state index contributed by atoms with van der Waals surface area (Å²) in [6.45, 7) is -1.56. The molecule has 3 rings (SSSR count). The molecule has 10 heteroatoms. The van der Waals surface area contributed by atoms with E-state index in [1.807, 2.05) is 0 Å². The summed E-state index contributed by atoms with van der Waals surface area (Å²) in [7, 11) is -4.28. The van der Waals surface area contributed by atoms with Crippen LogP contribution in [0.5, 0.6) is 0 Å². The number of carbonyl (C=O) groups excluding carboxylic acids is 1. The molecule has 0 unspecified atom stereocenters. The number of halogens is 4. The Bertz CT molecular complexity index is 1190. The Kier molecular flexibility index (Phi) is 7.10. The third kappa shape index (κ3) is 5.80. The van der Waals surface area contributed by atoms with Gasteiger partial charge in [-0.1, -0.05) is 60.1 Å². The van der Waals surface area contributed by atoms with Gasteiger partial charge < -0.3 is 5.32 Å². The van der Waals surface area contributed by atoms with Crippen LogP contribution in [0, 0.1) is 0 Å². The first kappa shape index (κ1) is 23.6. The van der Waals surface area contributed by atoms with E-state index in [2.05, 4.69) is 0 Å². The normalized spacial score (nSPS) is 11.8. The van der Waals surface area contributed by atoms with Gasteiger partial charge in [-0.2, -0.15) is 13.2 Å². The fraction of sp³-hybridized carbons (Fsp3) is 0.136. The van der Waals surface area contributed by atoms with Crippen molar-refractivity contribution in [1.82, 2.24) is 5.32 Å². The second-order valence-electron chi connectivity index (χ2n) is 6.78. The number of rotatable bonds is 7. The maximum Gasteiger partial charge on any atom is 0.405 e. The molecule has 0 saturated heterocycles. The molecule has 0 spiro atoms. The van der Waals surface area contributed by atoms with Gasteiger partial charge in [0, 0.05) is 5.56 Å². The molecule has 168 valence electrons. The number of amides is 1. The molecule has 0 radical (unpaired) electrons. The van der Waals surface area contributed by atoms with Crippen LogP contribution in [0.4, 0.5) is 18.9 Å². The Morgan fingerprint density at radius 2 is 1.53 bits per heavy atom. The van der Waals surface area contributed by atoms with Gasteiger partial charge in [-0.3, -0.25) is 9.10 Å². The Morgan fingerprint density at radius 1 is 0.938 bits per heavy atom. The number of hydrogen-bond donors (Lipinski definition) is 1. The van der Waals surface area contributed by atoms with Crippen molar-refractivity contribution >= 4 is 33.2 Å². The highest BCUT2D eigenvalue weighted by atomic mass is 35.5. The largest absolute Gasteiger partial charge is 0.405 e. The van der Waals surface area contributed by atoms with Gasteiger partial charge in [0.15, 0.2) is 0 Å². The standard InChI is InChI=1S/C22H18ClF3N2O3S/c23-19-12-11-17(21(29)27-15-22(24,25)26)13-20(19)32(30,31)28(18-9-5-2-6-10-18)14-16-7-3-1-4-8-16/h1-13H,14-15H2,(H,27,29). The first-order valence-corrected chi connectivity index (χ1v) is 11.2. The second kappa shape index (κ2) is 9.62. The molecular weight excluding hydrogens is 465 g/mol. The Labute approximate surface area is 188 Å². The average Bonchev–Trinajstić information content (AvgIpc) is 2.76. The lowest BCUT2D eigenvalue weighted by atomic mass is 10.2. The molecule has 0 aromatic heterocycles. The van der Waals surface area contributed by atoms with Gasteiger partial charge in [-0.15, -0.1) is 0 Å². The van der Waals surface area contributed by atoms with E-state index in [0.717, 1.165) is 16.4 Å². The fourth-order valence-electron chi connectivity index (χ4n) is 2.90. The molecule has 0 fully saturated rings. The number of hydrogen-bond acceptors (Lipinski definition) is 3. The van der Waals surface area contributed by atoms with E-state index in [9.17, 15) is 26.4 Å². The van der Waals surface area contributed by atoms with Crippen LogP contribution in [0.3, 0.4) is 0 Å². The molecule has 0 saturated carbocycles. The van der Waals surface area contributed by atoms with E-state index in [-0.39, 0.29) is 17.1 Å². The molecule has 1 N–H and O–H groups in total. The van der Waals surface area contributed by atoms with Gasteiger partial charge in [0.1, 0.15) is 11.4 Å². The van der Waals surface area contributed by atoms with Gasteiger partial charge in [-0.05, 0) is 35.9 Å². The van der Waals surface area contributed by atoms with Crippen molar-refractivity contribution in [3.8, 4) is 0 Å². The van der Waals surface area contributed by atoms with Gasteiger partial charge in [0.05, 0.1) is 17.3 Å². The van der Waals surface area contributed by atoms with E-state index in [1.165, 1.54) is 6.07 Å². The predicted molar refractivity (Wildman–Crippen MR) is 116 cm³/mol. The zero-order chi connectivity index (χ0) is 23.4. The van der Waals surface area contributed by atoms with Crippen LogP contribution >= 0.6 is 11.6 Å². The van der Waals surface area contributed by atoms with E-state index in [1.54, 1.807) is 66.0 Å². The van der Waals surface area contributed by atoms with Crippen LogP contribution in [-0.2, 0) is 16.6 Å². The number of carbonyl (C=O) groups is 1. The quantitative estimate of drug-likeness (QED) is 0.514. The summed E-state index contributed by atoms with van der Waals surface area (Å²) in [4.78, 5) is 11.8. The third-order valence-electron chi connectivity index (χ3n) is 4.42. The van der Waals surface area contributed by atoms with Crippen molar-refractivity contribution in [1.29, 1.82) is 0 Å². The van der Waals surface area contributed by atoms with E-state index in [4.69, 9.17) is 11.6 Å². The molecule has 0 heterocycles. The van der Waals surface area contributed by atoms with Crippen molar-refractivity contribution in [3.05, 3.63) is 95.0 Å². The number of sulfonamides is 1. The fourth-order valence-corrected chi connectivity index (χ4v) is 4.86. The molecule has 0 aliphatic rings. The van der Waals surface area contributed by atoms with Gasteiger partial charge in [-0.25, -0.2) is 8.42 Å². The number of nitrogens with zero attached hydrogens (tertiary/aromatic N) is 1. The smallest absolute Gasteiger partial charge is 0.343 e. The summed E-state index contributed by atoms with van der Waals surface area (Å²) in [6.07, 6.45) is -4.60. The number of alkyl halides is 3. The molecule has 3 aromatic carbocycles. The van der Waals surface area contributed by atoms with Crippen molar-refractivity contribution in [2.75, 3.05) is 10.8 Å². The molecule has 0 bridgehead atoms. The van der Waals surface area contributed by atoms with Crippen LogP contribution in [-0.4, -0.2) is 27.0 Å². The lowest BCUT2D eigenvalue weighted by molar-refractivity contribution is -0.123. The zero-order valence-corrected chi connectivity index (χ0v) is 18.1. The molecule has 5 nitrogen and oxygen atoms in total. The monoisotopic (exact) mass is 482 g/mol. The third-order valence-corrected chi connectivity index (χ3v) is 6.68. The van der Waals surface area contributed by atoms with Crippen molar-refractivity contribution < 1.29 is 26.4 Å². The summed E-state index contributed by atoms with van der Waals surface area (Å²) >= 11 is 6.15.